The summed E-state index contributed by atoms with van der Waals surface area (Å²) in [7, 11) is 0. The van der Waals surface area contributed by atoms with Gasteiger partial charge < -0.3 is 5.32 Å². The maximum atomic E-state index is 4.32. The number of hydrogen-bond acceptors (Lipinski definition) is 2. The molecule has 0 aliphatic heterocycles. The zero-order valence-corrected chi connectivity index (χ0v) is 11.9. The maximum absolute atomic E-state index is 4.32. The molecular formula is C15H27N3. The highest BCUT2D eigenvalue weighted by Gasteiger charge is 2.14. The molecule has 1 atom stereocenters. The zero-order chi connectivity index (χ0) is 12.8. The molecule has 1 aliphatic rings. The molecule has 1 aromatic rings. The highest BCUT2D eigenvalue weighted by molar-refractivity contribution is 5.08. The lowest BCUT2D eigenvalue weighted by Gasteiger charge is -2.13. The lowest BCUT2D eigenvalue weighted by Crippen LogP contribution is -2.20. The van der Waals surface area contributed by atoms with Crippen molar-refractivity contribution in [3.05, 3.63) is 18.0 Å². The van der Waals surface area contributed by atoms with Crippen molar-refractivity contribution in [3.8, 4) is 0 Å². The van der Waals surface area contributed by atoms with Gasteiger partial charge in [0.1, 0.15) is 0 Å². The Labute approximate surface area is 111 Å². The monoisotopic (exact) mass is 249 g/mol. The summed E-state index contributed by atoms with van der Waals surface area (Å²) in [5.41, 5.74) is 1.30. The Morgan fingerprint density at radius 2 is 2.22 bits per heavy atom. The molecule has 0 aromatic carbocycles. The third-order valence-electron chi connectivity index (χ3n) is 4.19. The Hall–Kier alpha value is -0.830. The van der Waals surface area contributed by atoms with Gasteiger partial charge in [0.05, 0.1) is 6.20 Å². The van der Waals surface area contributed by atoms with E-state index in [4.69, 9.17) is 0 Å². The Bertz CT molecular complexity index is 339. The van der Waals surface area contributed by atoms with Crippen LogP contribution in [0.5, 0.6) is 0 Å². The second-order valence-corrected chi connectivity index (χ2v) is 5.60. The molecule has 0 radical (unpaired) electrons. The molecule has 0 spiro atoms. The van der Waals surface area contributed by atoms with Crippen molar-refractivity contribution in [2.75, 3.05) is 6.54 Å². The molecule has 1 aliphatic carbocycles. The first kappa shape index (κ1) is 13.6. The number of hydrogen-bond donors (Lipinski definition) is 1. The lowest BCUT2D eigenvalue weighted by atomic mass is 10.0. The van der Waals surface area contributed by atoms with Crippen molar-refractivity contribution < 1.29 is 0 Å². The molecule has 1 N–H and O–H groups in total. The van der Waals surface area contributed by atoms with Gasteiger partial charge in [-0.25, -0.2) is 0 Å². The van der Waals surface area contributed by atoms with Crippen LogP contribution in [-0.2, 0) is 6.54 Å². The highest BCUT2D eigenvalue weighted by atomic mass is 15.3. The normalized spacial score (nSPS) is 18.3. The van der Waals surface area contributed by atoms with Crippen LogP contribution in [-0.4, -0.2) is 16.3 Å². The molecule has 2 rings (SSSR count). The summed E-state index contributed by atoms with van der Waals surface area (Å²) in [6.45, 7) is 6.44. The van der Waals surface area contributed by atoms with Crippen molar-refractivity contribution >= 4 is 0 Å². The van der Waals surface area contributed by atoms with Gasteiger partial charge in [0.15, 0.2) is 0 Å². The topological polar surface area (TPSA) is 29.9 Å². The van der Waals surface area contributed by atoms with E-state index in [2.05, 4.69) is 30.5 Å². The van der Waals surface area contributed by atoms with E-state index >= 15 is 0 Å². The number of aromatic nitrogens is 2. The van der Waals surface area contributed by atoms with Gasteiger partial charge in [-0.15, -0.1) is 0 Å². The van der Waals surface area contributed by atoms with Crippen LogP contribution >= 0.6 is 0 Å². The molecule has 0 saturated heterocycles. The standard InChI is InChI=1S/C15H27N3/c1-3-18-12-15(11-17-18)13(2)16-10-6-9-14-7-4-5-8-14/h11-14,16H,3-10H2,1-2H3. The van der Waals surface area contributed by atoms with E-state index < -0.39 is 0 Å². The van der Waals surface area contributed by atoms with E-state index in [1.807, 2.05) is 10.9 Å². The minimum absolute atomic E-state index is 0.425. The number of rotatable bonds is 7. The molecule has 1 heterocycles. The Morgan fingerprint density at radius 1 is 1.44 bits per heavy atom. The van der Waals surface area contributed by atoms with Gasteiger partial charge in [-0.2, -0.15) is 5.10 Å². The molecular weight excluding hydrogens is 222 g/mol. The summed E-state index contributed by atoms with van der Waals surface area (Å²) < 4.78 is 1.99. The number of nitrogens with zero attached hydrogens (tertiary/aromatic N) is 2. The van der Waals surface area contributed by atoms with Gasteiger partial charge in [0.2, 0.25) is 0 Å². The fraction of sp³-hybridized carbons (Fsp3) is 0.800. The molecule has 3 heteroatoms. The predicted molar refractivity (Wildman–Crippen MR) is 75.5 cm³/mol. The van der Waals surface area contributed by atoms with Crippen LogP contribution in [0.15, 0.2) is 12.4 Å². The zero-order valence-electron chi connectivity index (χ0n) is 11.9. The van der Waals surface area contributed by atoms with Crippen molar-refractivity contribution in [2.45, 2.75) is 65.0 Å². The number of nitrogens with one attached hydrogen (secondary N) is 1. The average Bonchev–Trinajstić information content (AvgIpc) is 3.05. The molecule has 0 bridgehead atoms. The largest absolute Gasteiger partial charge is 0.310 e. The smallest absolute Gasteiger partial charge is 0.0537 e. The first-order chi connectivity index (χ1) is 8.79. The van der Waals surface area contributed by atoms with Gasteiger partial charge in [0.25, 0.3) is 0 Å². The van der Waals surface area contributed by atoms with Crippen LogP contribution in [0, 0.1) is 5.92 Å². The summed E-state index contributed by atoms with van der Waals surface area (Å²) in [6.07, 6.45) is 12.7. The summed E-state index contributed by atoms with van der Waals surface area (Å²) in [6, 6.07) is 0.425. The van der Waals surface area contributed by atoms with Gasteiger partial charge in [-0.1, -0.05) is 25.7 Å². The molecule has 1 fully saturated rings. The van der Waals surface area contributed by atoms with Crippen LogP contribution in [0.4, 0.5) is 0 Å². The van der Waals surface area contributed by atoms with E-state index in [-0.39, 0.29) is 0 Å². The van der Waals surface area contributed by atoms with Crippen molar-refractivity contribution in [1.29, 1.82) is 0 Å². The quantitative estimate of drug-likeness (QED) is 0.749. The second-order valence-electron chi connectivity index (χ2n) is 5.60. The third kappa shape index (κ3) is 3.84. The summed E-state index contributed by atoms with van der Waals surface area (Å²) in [5, 5.41) is 7.93. The van der Waals surface area contributed by atoms with Crippen LogP contribution < -0.4 is 5.32 Å². The van der Waals surface area contributed by atoms with Crippen LogP contribution in [0.1, 0.15) is 64.0 Å². The minimum Gasteiger partial charge on any atom is -0.310 e. The van der Waals surface area contributed by atoms with Gasteiger partial charge in [-0.3, -0.25) is 4.68 Å². The summed E-state index contributed by atoms with van der Waals surface area (Å²) in [4.78, 5) is 0. The molecule has 1 unspecified atom stereocenters. The van der Waals surface area contributed by atoms with Gasteiger partial charge in [0, 0.05) is 24.3 Å². The van der Waals surface area contributed by atoms with Gasteiger partial charge >= 0.3 is 0 Å². The molecule has 1 aromatic heterocycles. The first-order valence-electron chi connectivity index (χ1n) is 7.55. The van der Waals surface area contributed by atoms with Crippen LogP contribution in [0.3, 0.4) is 0 Å². The third-order valence-corrected chi connectivity index (χ3v) is 4.19. The van der Waals surface area contributed by atoms with E-state index in [9.17, 15) is 0 Å². The second kappa shape index (κ2) is 6.93. The fourth-order valence-corrected chi connectivity index (χ4v) is 2.90. The minimum atomic E-state index is 0.425. The molecule has 0 amide bonds. The summed E-state index contributed by atoms with van der Waals surface area (Å²) >= 11 is 0. The van der Waals surface area contributed by atoms with Crippen LogP contribution in [0.2, 0.25) is 0 Å². The van der Waals surface area contributed by atoms with Crippen molar-refractivity contribution in [2.24, 2.45) is 5.92 Å². The van der Waals surface area contributed by atoms with E-state index in [0.717, 1.165) is 19.0 Å². The Morgan fingerprint density at radius 3 is 2.89 bits per heavy atom. The molecule has 3 nitrogen and oxygen atoms in total. The first-order valence-corrected chi connectivity index (χ1v) is 7.55. The molecule has 1 saturated carbocycles. The predicted octanol–water partition coefficient (Wildman–Crippen LogP) is 3.52. The lowest BCUT2D eigenvalue weighted by molar-refractivity contribution is 0.456. The van der Waals surface area contributed by atoms with E-state index in [1.54, 1.807) is 0 Å². The van der Waals surface area contributed by atoms with Crippen molar-refractivity contribution in [1.82, 2.24) is 15.1 Å². The fourth-order valence-electron chi connectivity index (χ4n) is 2.90. The maximum Gasteiger partial charge on any atom is 0.0537 e. The average molecular weight is 249 g/mol. The van der Waals surface area contributed by atoms with E-state index in [0.29, 0.717) is 6.04 Å². The molecule has 102 valence electrons. The van der Waals surface area contributed by atoms with Crippen molar-refractivity contribution in [3.63, 3.8) is 0 Å². The van der Waals surface area contributed by atoms with Crippen LogP contribution in [0.25, 0.3) is 0 Å². The highest BCUT2D eigenvalue weighted by Crippen LogP contribution is 2.28. The van der Waals surface area contributed by atoms with Gasteiger partial charge in [-0.05, 0) is 39.2 Å². The van der Waals surface area contributed by atoms with E-state index in [1.165, 1.54) is 44.1 Å². The summed E-state index contributed by atoms with van der Waals surface area (Å²) in [5.74, 6) is 1.02. The molecule has 18 heavy (non-hydrogen) atoms. The number of aryl methyl sites for hydroxylation is 1. The SMILES string of the molecule is CCn1cc(C(C)NCCCC2CCCC2)cn1. The Kier molecular flexibility index (Phi) is 5.24. The Balaban J connectivity index is 1.63.